The summed E-state index contributed by atoms with van der Waals surface area (Å²) in [6.07, 6.45) is 21.7. The maximum atomic E-state index is 10.4. The van der Waals surface area contributed by atoms with E-state index >= 15 is 0 Å². The topological polar surface area (TPSA) is 49.3 Å². The van der Waals surface area contributed by atoms with Crippen molar-refractivity contribution in [3.63, 3.8) is 0 Å². The number of carboxylic acid groups (broad SMARTS) is 1. The summed E-state index contributed by atoms with van der Waals surface area (Å²) in [5.74, 6) is -0.795. The van der Waals surface area contributed by atoms with E-state index in [9.17, 15) is 4.79 Å². The van der Waals surface area contributed by atoms with Gasteiger partial charge < -0.3 is 5.11 Å². The molecule has 1 unspecified atom stereocenters. The predicted molar refractivity (Wildman–Crippen MR) is 108 cm³/mol. The molecule has 0 aromatic heterocycles. The first-order valence-corrected chi connectivity index (χ1v) is 11.2. The van der Waals surface area contributed by atoms with Crippen LogP contribution in [0.3, 0.4) is 0 Å². The Balaban J connectivity index is 3.08. The van der Waals surface area contributed by atoms with Crippen molar-refractivity contribution in [2.45, 2.75) is 115 Å². The van der Waals surface area contributed by atoms with Gasteiger partial charge in [-0.3, -0.25) is 10.1 Å². The average molecular weight is 406 g/mol. The van der Waals surface area contributed by atoms with Gasteiger partial charge in [0.05, 0.1) is 11.5 Å². The van der Waals surface area contributed by atoms with Gasteiger partial charge in [-0.1, -0.05) is 119 Å². The SMILES string of the molecule is CCCCCCCCCCCCCCCCCC(Br)NCC(=O)O. The van der Waals surface area contributed by atoms with Crippen molar-refractivity contribution in [1.82, 2.24) is 5.32 Å². The lowest BCUT2D eigenvalue weighted by molar-refractivity contribution is -0.136. The molecule has 0 aromatic carbocycles. The van der Waals surface area contributed by atoms with Gasteiger partial charge in [0.1, 0.15) is 0 Å². The zero-order valence-electron chi connectivity index (χ0n) is 15.8. The van der Waals surface area contributed by atoms with E-state index in [0.29, 0.717) is 0 Å². The first-order chi connectivity index (χ1) is 11.7. The Morgan fingerprint density at radius 1 is 0.792 bits per heavy atom. The highest BCUT2D eigenvalue weighted by Gasteiger charge is 2.04. The molecule has 0 aromatic rings. The minimum atomic E-state index is -0.795. The maximum absolute atomic E-state index is 10.4. The second-order valence-corrected chi connectivity index (χ2v) is 8.09. The van der Waals surface area contributed by atoms with Gasteiger partial charge >= 0.3 is 5.97 Å². The largest absolute Gasteiger partial charge is 0.480 e. The zero-order valence-corrected chi connectivity index (χ0v) is 17.4. The van der Waals surface area contributed by atoms with Crippen LogP contribution in [-0.2, 0) is 4.79 Å². The van der Waals surface area contributed by atoms with Crippen LogP contribution in [0.4, 0.5) is 0 Å². The third kappa shape index (κ3) is 20.0. The van der Waals surface area contributed by atoms with Crippen LogP contribution in [0.25, 0.3) is 0 Å². The van der Waals surface area contributed by atoms with Crippen molar-refractivity contribution in [2.75, 3.05) is 6.54 Å². The summed E-state index contributed by atoms with van der Waals surface area (Å²) in [5.41, 5.74) is 0. The fourth-order valence-corrected chi connectivity index (χ4v) is 3.48. The van der Waals surface area contributed by atoms with Gasteiger partial charge in [0.25, 0.3) is 0 Å². The summed E-state index contributed by atoms with van der Waals surface area (Å²) < 4.78 is 0. The van der Waals surface area contributed by atoms with Gasteiger partial charge in [-0.15, -0.1) is 0 Å². The number of hydrogen-bond donors (Lipinski definition) is 2. The van der Waals surface area contributed by atoms with Gasteiger partial charge in [0.2, 0.25) is 0 Å². The highest BCUT2D eigenvalue weighted by atomic mass is 79.9. The molecule has 0 fully saturated rings. The third-order valence-electron chi connectivity index (χ3n) is 4.54. The highest BCUT2D eigenvalue weighted by molar-refractivity contribution is 9.09. The summed E-state index contributed by atoms with van der Waals surface area (Å²) in [7, 11) is 0. The summed E-state index contributed by atoms with van der Waals surface area (Å²) in [6, 6.07) is 0. The molecule has 3 nitrogen and oxygen atoms in total. The fraction of sp³-hybridized carbons (Fsp3) is 0.950. The molecule has 0 aliphatic heterocycles. The summed E-state index contributed by atoms with van der Waals surface area (Å²) in [5, 5.41) is 11.5. The normalized spacial score (nSPS) is 12.4. The third-order valence-corrected chi connectivity index (χ3v) is 5.32. The lowest BCUT2D eigenvalue weighted by atomic mass is 10.0. The average Bonchev–Trinajstić information content (AvgIpc) is 2.56. The lowest BCUT2D eigenvalue weighted by Gasteiger charge is -2.09. The van der Waals surface area contributed by atoms with Crippen LogP contribution in [0.1, 0.15) is 110 Å². The van der Waals surface area contributed by atoms with Crippen molar-refractivity contribution in [3.05, 3.63) is 0 Å². The molecule has 0 spiro atoms. The van der Waals surface area contributed by atoms with Gasteiger partial charge in [-0.05, 0) is 6.42 Å². The Morgan fingerprint density at radius 3 is 1.54 bits per heavy atom. The molecule has 24 heavy (non-hydrogen) atoms. The van der Waals surface area contributed by atoms with E-state index in [2.05, 4.69) is 28.2 Å². The Bertz CT molecular complexity index is 274. The summed E-state index contributed by atoms with van der Waals surface area (Å²) >= 11 is 3.47. The fourth-order valence-electron chi connectivity index (χ4n) is 2.99. The smallest absolute Gasteiger partial charge is 0.317 e. The first kappa shape index (κ1) is 23.9. The Morgan fingerprint density at radius 2 is 1.17 bits per heavy atom. The van der Waals surface area contributed by atoms with Crippen molar-refractivity contribution in [2.24, 2.45) is 0 Å². The number of alkyl halides is 1. The van der Waals surface area contributed by atoms with E-state index < -0.39 is 5.97 Å². The monoisotopic (exact) mass is 405 g/mol. The molecule has 0 saturated heterocycles. The van der Waals surface area contributed by atoms with E-state index in [-0.39, 0.29) is 11.5 Å². The minimum absolute atomic E-state index is 0.0364. The van der Waals surface area contributed by atoms with E-state index in [1.807, 2.05) is 0 Å². The van der Waals surface area contributed by atoms with Crippen LogP contribution in [0.5, 0.6) is 0 Å². The quantitative estimate of drug-likeness (QED) is 0.144. The van der Waals surface area contributed by atoms with Gasteiger partial charge in [0, 0.05) is 0 Å². The number of halogens is 1. The Kier molecular flexibility index (Phi) is 19.2. The number of nitrogens with one attached hydrogen (secondary N) is 1. The maximum Gasteiger partial charge on any atom is 0.317 e. The molecule has 4 heteroatoms. The predicted octanol–water partition coefficient (Wildman–Crippen LogP) is 6.64. The molecule has 2 N–H and O–H groups in total. The number of aliphatic carboxylic acids is 1. The van der Waals surface area contributed by atoms with E-state index in [1.54, 1.807) is 0 Å². The lowest BCUT2D eigenvalue weighted by Crippen LogP contribution is -2.29. The number of hydrogen-bond acceptors (Lipinski definition) is 2. The summed E-state index contributed by atoms with van der Waals surface area (Å²) in [6.45, 7) is 2.31. The van der Waals surface area contributed by atoms with Gasteiger partial charge in [-0.2, -0.15) is 0 Å². The molecule has 0 heterocycles. The highest BCUT2D eigenvalue weighted by Crippen LogP contribution is 2.14. The zero-order chi connectivity index (χ0) is 17.9. The molecule has 0 aliphatic carbocycles. The molecular weight excluding hydrogens is 366 g/mol. The Hall–Kier alpha value is -0.0900. The molecule has 1 atom stereocenters. The van der Waals surface area contributed by atoms with Gasteiger partial charge in [-0.25, -0.2) is 0 Å². The number of rotatable bonds is 19. The second kappa shape index (κ2) is 19.2. The van der Waals surface area contributed by atoms with Crippen molar-refractivity contribution in [1.29, 1.82) is 0 Å². The number of carbonyl (C=O) groups is 1. The van der Waals surface area contributed by atoms with Gasteiger partial charge in [0.15, 0.2) is 0 Å². The standard InChI is InChI=1S/C20H40BrNO2/c1-2-3-4-5-6-7-8-9-10-11-12-13-14-15-16-17-19(21)22-18-20(23)24/h19,22H,2-18H2,1H3,(H,23,24). The van der Waals surface area contributed by atoms with Crippen LogP contribution >= 0.6 is 15.9 Å². The van der Waals surface area contributed by atoms with Crippen LogP contribution < -0.4 is 5.32 Å². The van der Waals surface area contributed by atoms with E-state index in [0.717, 1.165) is 6.42 Å². The molecule has 0 amide bonds. The van der Waals surface area contributed by atoms with Crippen molar-refractivity contribution in [3.8, 4) is 0 Å². The Labute approximate surface area is 158 Å². The van der Waals surface area contributed by atoms with Crippen LogP contribution in [0, 0.1) is 0 Å². The molecule has 144 valence electrons. The summed E-state index contributed by atoms with van der Waals surface area (Å²) in [4.78, 5) is 10.6. The molecule has 0 rings (SSSR count). The molecule has 0 saturated carbocycles. The van der Waals surface area contributed by atoms with Crippen molar-refractivity contribution >= 4 is 21.9 Å². The van der Waals surface area contributed by atoms with Crippen LogP contribution in [-0.4, -0.2) is 22.6 Å². The molecule has 0 radical (unpaired) electrons. The van der Waals surface area contributed by atoms with Crippen molar-refractivity contribution < 1.29 is 9.90 Å². The van der Waals surface area contributed by atoms with E-state index in [1.165, 1.54) is 96.3 Å². The second-order valence-electron chi connectivity index (χ2n) is 6.98. The van der Waals surface area contributed by atoms with Crippen LogP contribution in [0.2, 0.25) is 0 Å². The van der Waals surface area contributed by atoms with E-state index in [4.69, 9.17) is 5.11 Å². The molecule has 0 aliphatic rings. The number of carboxylic acids is 1. The first-order valence-electron chi connectivity index (χ1n) is 10.3. The number of unbranched alkanes of at least 4 members (excludes halogenated alkanes) is 14. The molecular formula is C20H40BrNO2. The molecule has 0 bridgehead atoms. The minimum Gasteiger partial charge on any atom is -0.480 e. The van der Waals surface area contributed by atoms with Crippen LogP contribution in [0.15, 0.2) is 0 Å².